The van der Waals surface area contributed by atoms with E-state index in [0.29, 0.717) is 6.04 Å². The average molecular weight is 295 g/mol. The lowest BCUT2D eigenvalue weighted by atomic mass is 10.1. The number of hydrogen-bond donors (Lipinski definition) is 1. The van der Waals surface area contributed by atoms with Gasteiger partial charge in [-0.25, -0.2) is 4.98 Å². The zero-order valence-corrected chi connectivity index (χ0v) is 12.9. The van der Waals surface area contributed by atoms with Crippen LogP contribution in [0.1, 0.15) is 29.3 Å². The molecule has 2 aromatic rings. The van der Waals surface area contributed by atoms with E-state index in [4.69, 9.17) is 11.6 Å². The van der Waals surface area contributed by atoms with Gasteiger partial charge in [0.1, 0.15) is 0 Å². The number of nitrogens with one attached hydrogen (secondary N) is 1. The molecule has 1 heterocycles. The van der Waals surface area contributed by atoms with Crippen LogP contribution in [0.25, 0.3) is 0 Å². The monoisotopic (exact) mass is 294 g/mol. The first-order chi connectivity index (χ1) is 9.17. The minimum Gasteiger partial charge on any atom is -0.309 e. The summed E-state index contributed by atoms with van der Waals surface area (Å²) in [6.07, 6.45) is 3.98. The summed E-state index contributed by atoms with van der Waals surface area (Å²) in [5, 5.41) is 5.54. The average Bonchev–Trinajstić information content (AvgIpc) is 2.84. The predicted molar refractivity (Wildman–Crippen MR) is 82.9 cm³/mol. The lowest BCUT2D eigenvalue weighted by Crippen LogP contribution is -2.27. The van der Waals surface area contributed by atoms with Gasteiger partial charge >= 0.3 is 0 Å². The van der Waals surface area contributed by atoms with Crippen LogP contribution in [0, 0.1) is 0 Å². The minimum absolute atomic E-state index is 0.422. The molecule has 0 aliphatic heterocycles. The number of aryl methyl sites for hydroxylation is 1. The smallest absolute Gasteiger partial charge is 0.0925 e. The molecule has 0 bridgehead atoms. The number of rotatable bonds is 6. The summed E-state index contributed by atoms with van der Waals surface area (Å²) in [6, 6.07) is 8.48. The van der Waals surface area contributed by atoms with Gasteiger partial charge in [-0.1, -0.05) is 30.7 Å². The lowest BCUT2D eigenvalue weighted by molar-refractivity contribution is 0.548. The highest BCUT2D eigenvalue weighted by Gasteiger charge is 2.05. The Labute approximate surface area is 123 Å². The highest BCUT2D eigenvalue weighted by molar-refractivity contribution is 7.11. The van der Waals surface area contributed by atoms with E-state index in [2.05, 4.69) is 30.2 Å². The molecule has 0 saturated carbocycles. The Balaban J connectivity index is 1.82. The molecule has 2 nitrogen and oxygen atoms in total. The van der Waals surface area contributed by atoms with Crippen molar-refractivity contribution in [2.45, 2.75) is 39.3 Å². The van der Waals surface area contributed by atoms with Crippen LogP contribution < -0.4 is 5.32 Å². The first kappa shape index (κ1) is 14.5. The molecule has 1 aromatic carbocycles. The summed E-state index contributed by atoms with van der Waals surface area (Å²) >= 11 is 7.78. The van der Waals surface area contributed by atoms with Crippen molar-refractivity contribution >= 4 is 22.9 Å². The fraction of sp³-hybridized carbons (Fsp3) is 0.400. The van der Waals surface area contributed by atoms with E-state index in [1.165, 1.54) is 15.4 Å². The van der Waals surface area contributed by atoms with Crippen molar-refractivity contribution in [3.8, 4) is 0 Å². The third kappa shape index (κ3) is 4.60. The van der Waals surface area contributed by atoms with E-state index in [1.54, 1.807) is 11.3 Å². The van der Waals surface area contributed by atoms with Crippen LogP contribution in [0.15, 0.2) is 30.5 Å². The number of nitrogens with zero attached hydrogens (tertiary/aromatic N) is 1. The van der Waals surface area contributed by atoms with E-state index >= 15 is 0 Å². The second kappa shape index (κ2) is 7.04. The molecule has 1 unspecified atom stereocenters. The van der Waals surface area contributed by atoms with Gasteiger partial charge in [-0.15, -0.1) is 11.3 Å². The lowest BCUT2D eigenvalue weighted by Gasteiger charge is -2.13. The topological polar surface area (TPSA) is 24.9 Å². The van der Waals surface area contributed by atoms with Crippen LogP contribution in [0.5, 0.6) is 0 Å². The first-order valence-electron chi connectivity index (χ1n) is 6.58. The van der Waals surface area contributed by atoms with E-state index in [-0.39, 0.29) is 0 Å². The molecule has 19 heavy (non-hydrogen) atoms. The molecular weight excluding hydrogens is 276 g/mol. The number of thiazole rings is 1. The maximum absolute atomic E-state index is 5.99. The molecule has 1 N–H and O–H groups in total. The van der Waals surface area contributed by atoms with Gasteiger partial charge in [-0.2, -0.15) is 0 Å². The second-order valence-corrected chi connectivity index (χ2v) is 6.33. The molecule has 102 valence electrons. The van der Waals surface area contributed by atoms with Crippen molar-refractivity contribution in [3.63, 3.8) is 0 Å². The predicted octanol–water partition coefficient (Wildman–Crippen LogP) is 4.08. The van der Waals surface area contributed by atoms with E-state index < -0.39 is 0 Å². The Morgan fingerprint density at radius 2 is 2.26 bits per heavy atom. The quantitative estimate of drug-likeness (QED) is 0.868. The molecule has 4 heteroatoms. The molecule has 0 fully saturated rings. The SMILES string of the molecule is CCc1ncc(CNC(C)Cc2cccc(Cl)c2)s1. The summed E-state index contributed by atoms with van der Waals surface area (Å²) < 4.78 is 0. The van der Waals surface area contributed by atoms with E-state index in [9.17, 15) is 0 Å². The molecule has 0 aliphatic rings. The van der Waals surface area contributed by atoms with Crippen molar-refractivity contribution in [2.24, 2.45) is 0 Å². The van der Waals surface area contributed by atoms with Crippen molar-refractivity contribution in [2.75, 3.05) is 0 Å². The third-order valence-corrected chi connectivity index (χ3v) is 4.34. The summed E-state index contributed by atoms with van der Waals surface area (Å²) in [4.78, 5) is 5.67. The Kier molecular flexibility index (Phi) is 5.37. The Morgan fingerprint density at radius 3 is 2.95 bits per heavy atom. The summed E-state index contributed by atoms with van der Waals surface area (Å²) in [6.45, 7) is 5.22. The van der Waals surface area contributed by atoms with E-state index in [0.717, 1.165) is 24.4 Å². The standard InChI is InChI=1S/C15H19ClN2S/c1-3-15-18-10-14(19-15)9-17-11(2)7-12-5-4-6-13(16)8-12/h4-6,8,10-11,17H,3,7,9H2,1-2H3. The van der Waals surface area contributed by atoms with Crippen molar-refractivity contribution in [3.05, 3.63) is 50.9 Å². The van der Waals surface area contributed by atoms with Crippen molar-refractivity contribution in [1.82, 2.24) is 10.3 Å². The molecule has 0 saturated heterocycles. The summed E-state index contributed by atoms with van der Waals surface area (Å²) in [7, 11) is 0. The van der Waals surface area contributed by atoms with Gasteiger partial charge in [0, 0.05) is 28.7 Å². The number of aromatic nitrogens is 1. The molecule has 0 radical (unpaired) electrons. The van der Waals surface area contributed by atoms with Gasteiger partial charge in [0.15, 0.2) is 0 Å². The Bertz CT molecular complexity index is 524. The van der Waals surface area contributed by atoms with Gasteiger partial charge in [-0.3, -0.25) is 0 Å². The van der Waals surface area contributed by atoms with Gasteiger partial charge in [0.05, 0.1) is 5.01 Å². The number of benzene rings is 1. The van der Waals surface area contributed by atoms with Crippen LogP contribution in [0.4, 0.5) is 0 Å². The Hall–Kier alpha value is -0.900. The molecule has 1 aromatic heterocycles. The summed E-state index contributed by atoms with van der Waals surface area (Å²) in [5.41, 5.74) is 1.27. The number of hydrogen-bond acceptors (Lipinski definition) is 3. The fourth-order valence-electron chi connectivity index (χ4n) is 1.96. The second-order valence-electron chi connectivity index (χ2n) is 4.69. The third-order valence-electron chi connectivity index (χ3n) is 2.96. The maximum atomic E-state index is 5.99. The van der Waals surface area contributed by atoms with Crippen LogP contribution in [0.3, 0.4) is 0 Å². The molecule has 1 atom stereocenters. The molecule has 0 amide bonds. The highest BCUT2D eigenvalue weighted by atomic mass is 35.5. The van der Waals surface area contributed by atoms with Gasteiger partial charge in [0.25, 0.3) is 0 Å². The van der Waals surface area contributed by atoms with Gasteiger partial charge in [0.2, 0.25) is 0 Å². The fourth-order valence-corrected chi connectivity index (χ4v) is 2.98. The van der Waals surface area contributed by atoms with Crippen LogP contribution in [-0.2, 0) is 19.4 Å². The Morgan fingerprint density at radius 1 is 1.42 bits per heavy atom. The van der Waals surface area contributed by atoms with Crippen molar-refractivity contribution in [1.29, 1.82) is 0 Å². The van der Waals surface area contributed by atoms with E-state index in [1.807, 2.05) is 24.4 Å². The molecule has 0 spiro atoms. The largest absolute Gasteiger partial charge is 0.309 e. The molecular formula is C15H19ClN2S. The van der Waals surface area contributed by atoms with Crippen molar-refractivity contribution < 1.29 is 0 Å². The van der Waals surface area contributed by atoms with Gasteiger partial charge < -0.3 is 5.32 Å². The first-order valence-corrected chi connectivity index (χ1v) is 7.78. The zero-order chi connectivity index (χ0) is 13.7. The maximum Gasteiger partial charge on any atom is 0.0925 e. The number of halogens is 1. The molecule has 2 rings (SSSR count). The van der Waals surface area contributed by atoms with Crippen LogP contribution >= 0.6 is 22.9 Å². The normalized spacial score (nSPS) is 12.6. The van der Waals surface area contributed by atoms with Crippen LogP contribution in [-0.4, -0.2) is 11.0 Å². The van der Waals surface area contributed by atoms with Gasteiger partial charge in [-0.05, 0) is 37.5 Å². The van der Waals surface area contributed by atoms with Crippen LogP contribution in [0.2, 0.25) is 5.02 Å². The summed E-state index contributed by atoms with van der Waals surface area (Å²) in [5.74, 6) is 0. The zero-order valence-electron chi connectivity index (χ0n) is 11.3. The molecule has 0 aliphatic carbocycles. The minimum atomic E-state index is 0.422. The highest BCUT2D eigenvalue weighted by Crippen LogP contribution is 2.14.